The van der Waals surface area contributed by atoms with Gasteiger partial charge in [-0.25, -0.2) is 24.9 Å². The third-order valence-electron chi connectivity index (χ3n) is 9.23. The number of nitrogens with zero attached hydrogens (tertiary/aromatic N) is 6. The monoisotopic (exact) mass is 692 g/mol. The van der Waals surface area contributed by atoms with Crippen LogP contribution in [0.5, 0.6) is 0 Å². The molecule has 0 aliphatic rings. The topological polar surface area (TPSA) is 77.3 Å². The summed E-state index contributed by atoms with van der Waals surface area (Å²) in [4.78, 5) is 29.9. The number of benzene rings is 6. The van der Waals surface area contributed by atoms with Crippen molar-refractivity contribution in [2.24, 2.45) is 0 Å². The van der Waals surface area contributed by atoms with E-state index in [2.05, 4.69) is 84.9 Å². The van der Waals surface area contributed by atoms with Gasteiger partial charge in [-0.3, -0.25) is 4.98 Å². The van der Waals surface area contributed by atoms with Crippen molar-refractivity contribution in [2.75, 3.05) is 0 Å². The van der Waals surface area contributed by atoms with Crippen LogP contribution in [0, 0.1) is 0 Å². The Morgan fingerprint density at radius 2 is 0.685 bits per heavy atom. The van der Waals surface area contributed by atoms with Gasteiger partial charge < -0.3 is 0 Å². The van der Waals surface area contributed by atoms with Gasteiger partial charge in [0.2, 0.25) is 0 Å². The van der Waals surface area contributed by atoms with Gasteiger partial charge in [-0.05, 0) is 34.9 Å². The fourth-order valence-corrected chi connectivity index (χ4v) is 6.50. The van der Waals surface area contributed by atoms with Crippen LogP contribution in [0.25, 0.3) is 90.5 Å². The third kappa shape index (κ3) is 6.79. The second-order valence-corrected chi connectivity index (χ2v) is 12.8. The summed E-state index contributed by atoms with van der Waals surface area (Å²) in [6, 6.07) is 63.5. The number of aromatic nitrogens is 6. The van der Waals surface area contributed by atoms with Crippen molar-refractivity contribution in [3.63, 3.8) is 0 Å². The minimum atomic E-state index is 0.498. The van der Waals surface area contributed by atoms with Crippen LogP contribution in [0.1, 0.15) is 0 Å². The first-order chi connectivity index (χ1) is 26.7. The summed E-state index contributed by atoms with van der Waals surface area (Å²) in [6.07, 6.45) is 1.78. The molecular weight excluding hydrogens is 661 g/mol. The Morgan fingerprint density at radius 3 is 1.26 bits per heavy atom. The number of hydrogen-bond acceptors (Lipinski definition) is 6. The Kier molecular flexibility index (Phi) is 8.81. The molecule has 254 valence electrons. The van der Waals surface area contributed by atoms with Gasteiger partial charge in [0.15, 0.2) is 23.3 Å². The smallest absolute Gasteiger partial charge is 0.183 e. The molecule has 0 amide bonds. The standard InChI is InChI=1S/C48H32N6/c1-5-15-33(16-6-1)34-26-28-35(29-27-34)42-32-43(51-45(50-42)36-17-7-2-8-18-36)40-24-13-23-39(31-40)41-25-14-30-49-44(41)48-53-46(37-19-9-3-10-20-37)52-47(54-48)38-21-11-4-12-22-38/h1-32H. The van der Waals surface area contributed by atoms with Gasteiger partial charge >= 0.3 is 0 Å². The van der Waals surface area contributed by atoms with Gasteiger partial charge in [-0.2, -0.15) is 0 Å². The van der Waals surface area contributed by atoms with E-state index in [9.17, 15) is 0 Å². The summed E-state index contributed by atoms with van der Waals surface area (Å²) < 4.78 is 0. The maximum Gasteiger partial charge on any atom is 0.183 e. The van der Waals surface area contributed by atoms with E-state index in [1.54, 1.807) is 6.20 Å². The average Bonchev–Trinajstić information content (AvgIpc) is 3.27. The van der Waals surface area contributed by atoms with Crippen LogP contribution >= 0.6 is 0 Å². The molecule has 3 aromatic heterocycles. The molecule has 0 atom stereocenters. The van der Waals surface area contributed by atoms with E-state index in [1.807, 2.05) is 103 Å². The van der Waals surface area contributed by atoms with Crippen molar-refractivity contribution in [1.82, 2.24) is 29.9 Å². The van der Waals surface area contributed by atoms with Gasteiger partial charge in [-0.1, -0.05) is 170 Å². The highest BCUT2D eigenvalue weighted by molar-refractivity contribution is 5.82. The maximum atomic E-state index is 5.11. The number of hydrogen-bond donors (Lipinski definition) is 0. The van der Waals surface area contributed by atoms with E-state index in [1.165, 1.54) is 5.56 Å². The van der Waals surface area contributed by atoms with Crippen molar-refractivity contribution in [3.05, 3.63) is 194 Å². The zero-order valence-electron chi connectivity index (χ0n) is 29.2. The molecular formula is C48H32N6. The second kappa shape index (κ2) is 14.7. The fraction of sp³-hybridized carbons (Fsp3) is 0. The summed E-state index contributed by atoms with van der Waals surface area (Å²) >= 11 is 0. The lowest BCUT2D eigenvalue weighted by Crippen LogP contribution is -2.02. The van der Waals surface area contributed by atoms with Gasteiger partial charge in [0.25, 0.3) is 0 Å². The Hall–Kier alpha value is -7.44. The van der Waals surface area contributed by atoms with Gasteiger partial charge in [-0.15, -0.1) is 0 Å². The molecule has 0 radical (unpaired) electrons. The lowest BCUT2D eigenvalue weighted by molar-refractivity contribution is 1.06. The predicted molar refractivity (Wildman–Crippen MR) is 217 cm³/mol. The minimum Gasteiger partial charge on any atom is -0.252 e. The molecule has 0 aliphatic carbocycles. The number of rotatable bonds is 8. The first-order valence-electron chi connectivity index (χ1n) is 17.8. The lowest BCUT2D eigenvalue weighted by atomic mass is 9.98. The molecule has 0 N–H and O–H groups in total. The van der Waals surface area contributed by atoms with Crippen LogP contribution in [0.3, 0.4) is 0 Å². The second-order valence-electron chi connectivity index (χ2n) is 12.8. The van der Waals surface area contributed by atoms with Crippen LogP contribution in [0.15, 0.2) is 194 Å². The molecule has 3 heterocycles. The summed E-state index contributed by atoms with van der Waals surface area (Å²) in [7, 11) is 0. The summed E-state index contributed by atoms with van der Waals surface area (Å²) in [5, 5.41) is 0. The van der Waals surface area contributed by atoms with Crippen LogP contribution in [-0.4, -0.2) is 29.9 Å². The highest BCUT2D eigenvalue weighted by Crippen LogP contribution is 2.35. The van der Waals surface area contributed by atoms with Gasteiger partial charge in [0, 0.05) is 39.6 Å². The average molecular weight is 693 g/mol. The highest BCUT2D eigenvalue weighted by Gasteiger charge is 2.18. The normalized spacial score (nSPS) is 11.0. The molecule has 6 nitrogen and oxygen atoms in total. The lowest BCUT2D eigenvalue weighted by Gasteiger charge is -2.13. The predicted octanol–water partition coefficient (Wildman–Crippen LogP) is 11.4. The Balaban J connectivity index is 1.15. The Labute approximate surface area is 313 Å². The molecule has 54 heavy (non-hydrogen) atoms. The molecule has 0 aliphatic heterocycles. The SMILES string of the molecule is c1ccc(-c2ccc(-c3cc(-c4cccc(-c5cccnc5-c5nc(-c6ccccc6)nc(-c6ccccc6)n5)c4)nc(-c4ccccc4)n3)cc2)cc1. The zero-order valence-corrected chi connectivity index (χ0v) is 29.2. The van der Waals surface area contributed by atoms with Crippen molar-refractivity contribution < 1.29 is 0 Å². The van der Waals surface area contributed by atoms with Crippen molar-refractivity contribution in [3.8, 4) is 90.5 Å². The molecule has 9 aromatic rings. The number of pyridine rings is 1. The molecule has 0 saturated heterocycles. The van der Waals surface area contributed by atoms with Crippen molar-refractivity contribution in [2.45, 2.75) is 0 Å². The molecule has 0 fully saturated rings. The molecule has 0 spiro atoms. The van der Waals surface area contributed by atoms with E-state index >= 15 is 0 Å². The molecule has 0 unspecified atom stereocenters. The quantitative estimate of drug-likeness (QED) is 0.158. The molecule has 6 aromatic carbocycles. The van der Waals surface area contributed by atoms with E-state index < -0.39 is 0 Å². The third-order valence-corrected chi connectivity index (χ3v) is 9.23. The van der Waals surface area contributed by atoms with E-state index in [0.717, 1.165) is 55.9 Å². The summed E-state index contributed by atoms with van der Waals surface area (Å²) in [5.41, 5.74) is 11.2. The van der Waals surface area contributed by atoms with E-state index in [0.29, 0.717) is 29.0 Å². The Bertz CT molecular complexity index is 2630. The largest absolute Gasteiger partial charge is 0.252 e. The summed E-state index contributed by atoms with van der Waals surface area (Å²) in [5.74, 6) is 2.33. The van der Waals surface area contributed by atoms with Gasteiger partial charge in [0.05, 0.1) is 11.4 Å². The maximum absolute atomic E-state index is 5.11. The molecule has 9 rings (SSSR count). The molecule has 6 heteroatoms. The van der Waals surface area contributed by atoms with Crippen LogP contribution in [-0.2, 0) is 0 Å². The van der Waals surface area contributed by atoms with E-state index in [4.69, 9.17) is 29.9 Å². The van der Waals surface area contributed by atoms with E-state index in [-0.39, 0.29) is 0 Å². The summed E-state index contributed by atoms with van der Waals surface area (Å²) in [6.45, 7) is 0. The van der Waals surface area contributed by atoms with Crippen LogP contribution in [0.4, 0.5) is 0 Å². The van der Waals surface area contributed by atoms with Crippen molar-refractivity contribution in [1.29, 1.82) is 0 Å². The minimum absolute atomic E-state index is 0.498. The van der Waals surface area contributed by atoms with Gasteiger partial charge in [0.1, 0.15) is 5.69 Å². The Morgan fingerprint density at radius 1 is 0.259 bits per heavy atom. The first kappa shape index (κ1) is 32.5. The highest BCUT2D eigenvalue weighted by atomic mass is 15.0. The molecule has 0 saturated carbocycles. The zero-order chi connectivity index (χ0) is 36.1. The fourth-order valence-electron chi connectivity index (χ4n) is 6.50. The molecule has 0 bridgehead atoms. The van der Waals surface area contributed by atoms with Crippen LogP contribution in [0.2, 0.25) is 0 Å². The first-order valence-corrected chi connectivity index (χ1v) is 17.8. The van der Waals surface area contributed by atoms with Crippen molar-refractivity contribution >= 4 is 0 Å². The van der Waals surface area contributed by atoms with Crippen LogP contribution < -0.4 is 0 Å².